The van der Waals surface area contributed by atoms with Crippen LogP contribution in [-0.2, 0) is 0 Å². The van der Waals surface area contributed by atoms with Crippen molar-refractivity contribution in [2.45, 2.75) is 13.8 Å². The Morgan fingerprint density at radius 1 is 0.333 bits per heavy atom. The third-order valence-corrected chi connectivity index (χ3v) is 9.41. The van der Waals surface area contributed by atoms with Crippen molar-refractivity contribution in [1.29, 1.82) is 0 Å². The van der Waals surface area contributed by atoms with E-state index in [9.17, 15) is 0 Å². The van der Waals surface area contributed by atoms with E-state index in [0.29, 0.717) is 0 Å². The number of benzene rings is 7. The first kappa shape index (κ1) is 35.6. The van der Waals surface area contributed by atoms with E-state index >= 15 is 0 Å². The van der Waals surface area contributed by atoms with Gasteiger partial charge >= 0.3 is 0 Å². The molecule has 0 spiro atoms. The molecule has 0 heterocycles. The van der Waals surface area contributed by atoms with E-state index in [-0.39, 0.29) is 0 Å². The van der Waals surface area contributed by atoms with Crippen LogP contribution in [0.4, 0.5) is 34.1 Å². The van der Waals surface area contributed by atoms with E-state index in [0.717, 1.165) is 67.9 Å². The van der Waals surface area contributed by atoms with Crippen molar-refractivity contribution >= 4 is 58.4 Å². The predicted molar refractivity (Wildman–Crippen MR) is 229 cm³/mol. The van der Waals surface area contributed by atoms with Gasteiger partial charge in [0.25, 0.3) is 0 Å². The Morgan fingerprint density at radius 2 is 0.593 bits per heavy atom. The van der Waals surface area contributed by atoms with Crippen LogP contribution in [0.2, 0.25) is 0 Å². The van der Waals surface area contributed by atoms with Crippen molar-refractivity contribution in [3.63, 3.8) is 0 Å². The van der Waals surface area contributed by atoms with Crippen LogP contribution < -0.4 is 19.3 Å². The van der Waals surface area contributed by atoms with E-state index in [1.54, 1.807) is 14.2 Å². The van der Waals surface area contributed by atoms with Crippen LogP contribution in [0.3, 0.4) is 0 Å². The minimum absolute atomic E-state index is 0.823. The molecule has 0 saturated carbocycles. The highest BCUT2D eigenvalue weighted by molar-refractivity contribution is 5.83. The largest absolute Gasteiger partial charge is 0.495 e. The third-order valence-electron chi connectivity index (χ3n) is 9.41. The molecule has 0 aromatic heterocycles. The number of rotatable bonds is 12. The molecule has 0 fully saturated rings. The maximum atomic E-state index is 5.74. The molecule has 266 valence electrons. The van der Waals surface area contributed by atoms with Gasteiger partial charge in [0.1, 0.15) is 11.5 Å². The Hall–Kier alpha value is -6.78. The molecule has 7 rings (SSSR count). The Labute approximate surface area is 319 Å². The first-order chi connectivity index (χ1) is 26.5. The fourth-order valence-corrected chi connectivity index (χ4v) is 6.44. The summed E-state index contributed by atoms with van der Waals surface area (Å²) in [5, 5.41) is 0. The van der Waals surface area contributed by atoms with E-state index in [1.807, 2.05) is 36.4 Å². The summed E-state index contributed by atoms with van der Waals surface area (Å²) in [5.74, 6) is 1.65. The maximum Gasteiger partial charge on any atom is 0.142 e. The average Bonchev–Trinajstić information content (AvgIpc) is 3.22. The van der Waals surface area contributed by atoms with Crippen molar-refractivity contribution < 1.29 is 9.47 Å². The lowest BCUT2D eigenvalue weighted by Crippen LogP contribution is -2.11. The van der Waals surface area contributed by atoms with Crippen LogP contribution in [-0.4, -0.2) is 14.2 Å². The van der Waals surface area contributed by atoms with Gasteiger partial charge in [-0.3, -0.25) is 0 Å². The Kier molecular flexibility index (Phi) is 11.0. The molecule has 4 heteroatoms. The number of ether oxygens (including phenoxy) is 2. The molecule has 0 bridgehead atoms. The van der Waals surface area contributed by atoms with Gasteiger partial charge < -0.3 is 19.3 Å². The average molecular weight is 705 g/mol. The second-order valence-corrected chi connectivity index (χ2v) is 13.2. The van der Waals surface area contributed by atoms with E-state index in [1.165, 1.54) is 11.1 Å². The van der Waals surface area contributed by atoms with Gasteiger partial charge in [-0.15, -0.1) is 0 Å². The Balaban J connectivity index is 1.04. The van der Waals surface area contributed by atoms with E-state index in [2.05, 4.69) is 181 Å². The zero-order valence-corrected chi connectivity index (χ0v) is 31.2. The summed E-state index contributed by atoms with van der Waals surface area (Å²) < 4.78 is 11.5. The van der Waals surface area contributed by atoms with Gasteiger partial charge in [-0.1, -0.05) is 132 Å². The van der Waals surface area contributed by atoms with Gasteiger partial charge in [-0.2, -0.15) is 0 Å². The number of hydrogen-bond donors (Lipinski definition) is 0. The molecule has 0 amide bonds. The lowest BCUT2D eigenvalue weighted by atomic mass is 10.1. The van der Waals surface area contributed by atoms with Crippen molar-refractivity contribution in [1.82, 2.24) is 0 Å². The normalized spacial score (nSPS) is 11.2. The molecule has 0 saturated heterocycles. The lowest BCUT2D eigenvalue weighted by molar-refractivity contribution is 0.416. The molecule has 0 atom stereocenters. The fraction of sp³-hybridized carbons (Fsp3) is 0.0800. The van der Waals surface area contributed by atoms with Crippen molar-refractivity contribution in [3.05, 3.63) is 203 Å². The summed E-state index contributed by atoms with van der Waals surface area (Å²) in [7, 11) is 3.43. The zero-order chi connectivity index (χ0) is 37.3. The number of methoxy groups -OCH3 is 2. The molecular formula is C50H44N2O2. The zero-order valence-electron chi connectivity index (χ0n) is 31.2. The lowest BCUT2D eigenvalue weighted by Gasteiger charge is -2.27. The second kappa shape index (κ2) is 16.7. The van der Waals surface area contributed by atoms with Crippen molar-refractivity contribution in [3.8, 4) is 11.5 Å². The van der Waals surface area contributed by atoms with Gasteiger partial charge in [0.05, 0.1) is 25.6 Å². The molecule has 7 aromatic carbocycles. The summed E-state index contributed by atoms with van der Waals surface area (Å²) in [6.45, 7) is 4.21. The monoisotopic (exact) mass is 704 g/mol. The maximum absolute atomic E-state index is 5.74. The van der Waals surface area contributed by atoms with E-state index < -0.39 is 0 Å². The molecule has 4 nitrogen and oxygen atoms in total. The van der Waals surface area contributed by atoms with Crippen LogP contribution in [0.1, 0.15) is 33.4 Å². The Morgan fingerprint density at radius 3 is 0.889 bits per heavy atom. The van der Waals surface area contributed by atoms with Gasteiger partial charge in [0, 0.05) is 22.7 Å². The molecule has 0 unspecified atom stereocenters. The third kappa shape index (κ3) is 8.30. The van der Waals surface area contributed by atoms with Crippen molar-refractivity contribution in [2.24, 2.45) is 0 Å². The molecule has 0 aliphatic heterocycles. The van der Waals surface area contributed by atoms with Crippen LogP contribution in [0.5, 0.6) is 11.5 Å². The topological polar surface area (TPSA) is 24.9 Å². The van der Waals surface area contributed by atoms with Gasteiger partial charge in [0.15, 0.2) is 0 Å². The van der Waals surface area contributed by atoms with Crippen LogP contribution in [0, 0.1) is 13.8 Å². The quantitative estimate of drug-likeness (QED) is 0.118. The van der Waals surface area contributed by atoms with Crippen molar-refractivity contribution in [2.75, 3.05) is 24.0 Å². The molecule has 0 aliphatic rings. The second-order valence-electron chi connectivity index (χ2n) is 13.2. The van der Waals surface area contributed by atoms with Crippen LogP contribution >= 0.6 is 0 Å². The Bertz CT molecular complexity index is 2170. The molecular weight excluding hydrogens is 661 g/mol. The fourth-order valence-electron chi connectivity index (χ4n) is 6.44. The molecule has 0 N–H and O–H groups in total. The standard InChI is InChI=1S/C50H44N2O2/c1-37-13-29-43(30-14-37)51(47-9-5-7-11-49(47)53-3)45-33-25-41(26-34-45)23-21-39-17-19-40(20-18-39)22-24-42-27-35-46(36-28-42)52(44-31-15-38(2)16-32-44)48-10-6-8-12-50(48)54-4/h5-36H,1-4H3. The predicted octanol–water partition coefficient (Wildman–Crippen LogP) is 13.6. The van der Waals surface area contributed by atoms with E-state index in [4.69, 9.17) is 9.47 Å². The summed E-state index contributed by atoms with van der Waals surface area (Å²) in [6, 6.07) is 59.3. The first-order valence-electron chi connectivity index (χ1n) is 18.1. The summed E-state index contributed by atoms with van der Waals surface area (Å²) in [6.07, 6.45) is 8.61. The van der Waals surface area contributed by atoms with Crippen LogP contribution in [0.15, 0.2) is 170 Å². The highest BCUT2D eigenvalue weighted by Crippen LogP contribution is 2.41. The molecule has 0 aliphatic carbocycles. The SMILES string of the molecule is COc1ccccc1N(c1ccc(C)cc1)c1ccc(C=Cc2ccc(C=Cc3ccc(N(c4ccc(C)cc4)c4ccccc4OC)cc3)cc2)cc1. The van der Waals surface area contributed by atoms with Crippen LogP contribution in [0.25, 0.3) is 24.3 Å². The first-order valence-corrected chi connectivity index (χ1v) is 18.1. The highest BCUT2D eigenvalue weighted by Gasteiger charge is 2.17. The number of anilines is 6. The highest BCUT2D eigenvalue weighted by atomic mass is 16.5. The van der Waals surface area contributed by atoms with Gasteiger partial charge in [-0.05, 0) is 109 Å². The summed E-state index contributed by atoms with van der Waals surface area (Å²) >= 11 is 0. The van der Waals surface area contributed by atoms with Gasteiger partial charge in [0.2, 0.25) is 0 Å². The smallest absolute Gasteiger partial charge is 0.142 e. The summed E-state index contributed by atoms with van der Waals surface area (Å²) in [4.78, 5) is 4.46. The summed E-state index contributed by atoms with van der Waals surface area (Å²) in [5.41, 5.74) is 13.2. The van der Waals surface area contributed by atoms with Gasteiger partial charge in [-0.25, -0.2) is 0 Å². The molecule has 54 heavy (non-hydrogen) atoms. The molecule has 7 aromatic rings. The molecule has 0 radical (unpaired) electrons. The minimum Gasteiger partial charge on any atom is -0.495 e. The number of aryl methyl sites for hydroxylation is 2. The number of hydrogen-bond acceptors (Lipinski definition) is 4. The number of para-hydroxylation sites is 4. The number of nitrogens with zero attached hydrogens (tertiary/aromatic N) is 2. The minimum atomic E-state index is 0.823.